The zero-order valence-corrected chi connectivity index (χ0v) is 80.1. The number of aromatic nitrogens is 3. The van der Waals surface area contributed by atoms with E-state index in [0.717, 1.165) is 33.6 Å². The lowest BCUT2D eigenvalue weighted by molar-refractivity contribution is 0.768. The van der Waals surface area contributed by atoms with E-state index in [0.29, 0.717) is 0 Å². The molecule has 0 bridgehead atoms. The van der Waals surface area contributed by atoms with Crippen LogP contribution in [0, 0.1) is 0 Å². The molecule has 3 aromatic heterocycles. The molecule has 2 atom stereocenters. The Hall–Kier alpha value is -12.2. The van der Waals surface area contributed by atoms with Crippen molar-refractivity contribution in [2.45, 2.75) is 210 Å². The summed E-state index contributed by atoms with van der Waals surface area (Å²) in [5, 5.41) is 8.56. The average Bonchev–Trinajstić information content (AvgIpc) is 1.55. The summed E-state index contributed by atoms with van der Waals surface area (Å²) in [7, 11) is 0. The zero-order valence-electron chi connectivity index (χ0n) is 80.1. The highest BCUT2D eigenvalue weighted by molar-refractivity contribution is 5.98. The fraction of sp³-hybridized carbons (Fsp3) is 0.258. The van der Waals surface area contributed by atoms with E-state index < -0.39 is 10.8 Å². The molecule has 0 spiro atoms. The van der Waals surface area contributed by atoms with Crippen LogP contribution < -0.4 is 0 Å². The normalized spacial score (nSPS) is 12.8. The molecule has 0 aliphatic heterocycles. The van der Waals surface area contributed by atoms with Crippen molar-refractivity contribution >= 4 is 54.3 Å². The smallest absolute Gasteiger partial charge is 0.0761 e. The third-order valence-electron chi connectivity index (χ3n) is 20.3. The van der Waals surface area contributed by atoms with E-state index >= 15 is 0 Å². The van der Waals surface area contributed by atoms with Crippen LogP contribution >= 0.6 is 0 Å². The van der Waals surface area contributed by atoms with Crippen LogP contribution in [0.1, 0.15) is 261 Å². The van der Waals surface area contributed by atoms with E-state index in [1.807, 2.05) is 194 Å². The van der Waals surface area contributed by atoms with Gasteiger partial charge in [0.25, 0.3) is 0 Å². The first-order chi connectivity index (χ1) is 61.1. The fourth-order valence-corrected chi connectivity index (χ4v) is 16.4. The van der Waals surface area contributed by atoms with Gasteiger partial charge in [0, 0.05) is 32.8 Å². The molecular weight excluding hydrogens is 1480 g/mol. The summed E-state index contributed by atoms with van der Waals surface area (Å²) in [6, 6.07) is 133. The van der Waals surface area contributed by atoms with Crippen molar-refractivity contribution in [3.8, 4) is 33.8 Å². The van der Waals surface area contributed by atoms with Crippen molar-refractivity contribution in [2.75, 3.05) is 0 Å². The Morgan fingerprint density at radius 3 is 0.732 bits per heavy atom. The fourth-order valence-electron chi connectivity index (χ4n) is 16.4. The molecule has 0 radical (unpaired) electrons. The molecule has 2 unspecified atom stereocenters. The molecule has 0 amide bonds. The molecule has 0 fully saturated rings. The van der Waals surface area contributed by atoms with Gasteiger partial charge in [-0.3, -0.25) is 0 Å². The van der Waals surface area contributed by atoms with Gasteiger partial charge in [0.05, 0.1) is 49.9 Å². The molecule has 0 saturated heterocycles. The number of rotatable bonds is 6. The predicted molar refractivity (Wildman–Crippen MR) is 551 cm³/mol. The second kappa shape index (κ2) is 55.0. The summed E-state index contributed by atoms with van der Waals surface area (Å²) in [6.07, 6.45) is 0. The van der Waals surface area contributed by atoms with Gasteiger partial charge >= 0.3 is 0 Å². The summed E-state index contributed by atoms with van der Waals surface area (Å²) in [5.41, 5.74) is 24.1. The van der Waals surface area contributed by atoms with Crippen LogP contribution in [0.5, 0.6) is 0 Å². The lowest BCUT2D eigenvalue weighted by Crippen LogP contribution is -2.29. The third-order valence-corrected chi connectivity index (χ3v) is 20.3. The highest BCUT2D eigenvalue weighted by Gasteiger charge is 2.50. The second-order valence-corrected chi connectivity index (χ2v) is 25.2. The van der Waals surface area contributed by atoms with Gasteiger partial charge in [0.1, 0.15) is 0 Å². The molecule has 14 aromatic carbocycles. The first-order valence-corrected chi connectivity index (χ1v) is 46.8. The molecule has 640 valence electrons. The molecule has 0 saturated carbocycles. The monoisotopic (exact) mass is 1630 g/mol. The summed E-state index contributed by atoms with van der Waals surface area (Å²) in [5.74, 6) is 0. The van der Waals surface area contributed by atoms with Gasteiger partial charge in [-0.05, 0) is 131 Å². The maximum absolute atomic E-state index is 5.22. The number of nitrogens with zero attached hydrogens (tertiary/aromatic N) is 3. The van der Waals surface area contributed by atoms with Gasteiger partial charge < -0.3 is 0 Å². The Kier molecular flexibility index (Phi) is 46.1. The van der Waals surface area contributed by atoms with Gasteiger partial charge in [-0.1, -0.05) is 521 Å². The molecule has 0 N–H and O–H groups in total. The number of para-hydroxylation sites is 3. The largest absolute Gasteiger partial charge is 0.247 e. The molecule has 20 rings (SSSR count). The van der Waals surface area contributed by atoms with Crippen LogP contribution in [0.15, 0.2) is 370 Å². The molecular formula is C120H145N3. The second-order valence-electron chi connectivity index (χ2n) is 25.2. The minimum atomic E-state index is -0.439. The Morgan fingerprint density at radius 2 is 0.382 bits per heavy atom. The highest BCUT2D eigenvalue weighted by atomic mass is 14.8. The Labute approximate surface area is 745 Å². The molecule has 123 heavy (non-hydrogen) atoms. The SMILES string of the molecule is CC.CC.CC.CC.CC.CC.CC.CC.CC.CC.CC.CC.CC.CC.c1ccc(C2(c3ccc4ccccc4c3)c3ccccc3-c3nc4ccccc4cc32)cc1.c1ccc(C2(c3cccc4ccccc34)c3ccccc3-c3nc4ccccc4cc32)cc1.c1ccc(C2(c3ccccc3)c3ccccc3-c3nc4ccccc4cc32)cc1. The summed E-state index contributed by atoms with van der Waals surface area (Å²) in [4.78, 5) is 15.6. The van der Waals surface area contributed by atoms with Crippen LogP contribution in [-0.2, 0) is 16.2 Å². The van der Waals surface area contributed by atoms with Crippen molar-refractivity contribution in [2.24, 2.45) is 0 Å². The Bertz CT molecular complexity index is 5760. The highest BCUT2D eigenvalue weighted by Crippen LogP contribution is 2.60. The summed E-state index contributed by atoms with van der Waals surface area (Å²) >= 11 is 0. The van der Waals surface area contributed by atoms with Crippen LogP contribution in [0.25, 0.3) is 88.0 Å². The van der Waals surface area contributed by atoms with Crippen molar-refractivity contribution in [1.82, 2.24) is 15.0 Å². The van der Waals surface area contributed by atoms with E-state index in [1.54, 1.807) is 0 Å². The Balaban J connectivity index is 0.000000339. The number of hydrogen-bond acceptors (Lipinski definition) is 3. The first kappa shape index (κ1) is 103. The molecule has 3 aliphatic carbocycles. The van der Waals surface area contributed by atoms with Crippen LogP contribution in [0.3, 0.4) is 0 Å². The van der Waals surface area contributed by atoms with E-state index in [2.05, 4.69) is 370 Å². The van der Waals surface area contributed by atoms with Gasteiger partial charge in [0.15, 0.2) is 0 Å². The zero-order chi connectivity index (χ0) is 90.9. The summed E-state index contributed by atoms with van der Waals surface area (Å²) < 4.78 is 0. The van der Waals surface area contributed by atoms with Gasteiger partial charge in [-0.25, -0.2) is 15.0 Å². The molecule has 3 aliphatic rings. The minimum Gasteiger partial charge on any atom is -0.247 e. The molecule has 3 heteroatoms. The quantitative estimate of drug-likeness (QED) is 0.167. The van der Waals surface area contributed by atoms with E-state index in [9.17, 15) is 0 Å². The third kappa shape index (κ3) is 21.0. The average molecular weight is 1630 g/mol. The van der Waals surface area contributed by atoms with E-state index in [-0.39, 0.29) is 5.41 Å². The maximum Gasteiger partial charge on any atom is 0.0761 e. The molecule has 17 aromatic rings. The molecule has 3 nitrogen and oxygen atoms in total. The lowest BCUT2D eigenvalue weighted by atomic mass is 9.66. The van der Waals surface area contributed by atoms with Crippen molar-refractivity contribution in [3.05, 3.63) is 437 Å². The van der Waals surface area contributed by atoms with Crippen LogP contribution in [0.4, 0.5) is 0 Å². The van der Waals surface area contributed by atoms with E-state index in [1.165, 1.54) is 121 Å². The predicted octanol–water partition coefficient (Wildman–Crippen LogP) is 36.5. The maximum atomic E-state index is 5.22. The standard InChI is InChI=1S/2C32H21N.C28H19N.14C2H6/c1-2-14-24(15-3-1)32(27-19-10-13-22-11-4-6-16-25(22)27)28-18-8-7-17-26(28)31-29(32)21-23-12-5-9-20-30(23)33-31;1-2-13-25(14-3-1)32(26-19-18-22-10-4-5-11-23(22)20-26)28-16-8-7-15-27(28)31-29(32)21-24-12-6-9-17-30(24)33-31;1-3-12-21(13-4-1)28(22-14-5-2-6-15-22)24-17-9-8-16-23(24)27-25(28)19-20-11-7-10-18-26(20)29-27;14*1-2/h2*1-21H;1-19H;14*1-2H3. The number of fused-ring (bicyclic) bond motifs is 14. The van der Waals surface area contributed by atoms with Crippen molar-refractivity contribution in [1.29, 1.82) is 0 Å². The van der Waals surface area contributed by atoms with Gasteiger partial charge in [-0.15, -0.1) is 0 Å². The number of benzene rings is 14. The topological polar surface area (TPSA) is 38.7 Å². The first-order valence-electron chi connectivity index (χ1n) is 46.8. The number of hydrogen-bond donors (Lipinski definition) is 0. The van der Waals surface area contributed by atoms with Gasteiger partial charge in [0.2, 0.25) is 0 Å². The van der Waals surface area contributed by atoms with Crippen LogP contribution in [0.2, 0.25) is 0 Å². The van der Waals surface area contributed by atoms with Crippen LogP contribution in [-0.4, -0.2) is 15.0 Å². The van der Waals surface area contributed by atoms with Gasteiger partial charge in [-0.2, -0.15) is 0 Å². The van der Waals surface area contributed by atoms with Crippen molar-refractivity contribution < 1.29 is 0 Å². The Morgan fingerprint density at radius 1 is 0.146 bits per heavy atom. The molecule has 3 heterocycles. The van der Waals surface area contributed by atoms with E-state index in [4.69, 9.17) is 15.0 Å². The lowest BCUT2D eigenvalue weighted by Gasteiger charge is -2.34. The summed E-state index contributed by atoms with van der Waals surface area (Å²) in [6.45, 7) is 56.0. The number of pyridine rings is 3. The minimum absolute atomic E-state index is 0.370. The van der Waals surface area contributed by atoms with Crippen molar-refractivity contribution in [3.63, 3.8) is 0 Å².